The number of carboxylic acids is 1. The SMILES string of the molecule is C=C(C)CCOCCCCC(C)(C)C(=O)O. The van der Waals surface area contributed by atoms with E-state index in [9.17, 15) is 4.79 Å². The van der Waals surface area contributed by atoms with Gasteiger partial charge in [0.1, 0.15) is 0 Å². The molecule has 94 valence electrons. The van der Waals surface area contributed by atoms with E-state index >= 15 is 0 Å². The van der Waals surface area contributed by atoms with Crippen LogP contribution in [-0.4, -0.2) is 24.3 Å². The molecule has 3 nitrogen and oxygen atoms in total. The van der Waals surface area contributed by atoms with Crippen molar-refractivity contribution in [2.45, 2.75) is 46.5 Å². The maximum atomic E-state index is 10.8. The van der Waals surface area contributed by atoms with E-state index in [4.69, 9.17) is 9.84 Å². The molecule has 0 aliphatic heterocycles. The van der Waals surface area contributed by atoms with Gasteiger partial charge in [-0.25, -0.2) is 0 Å². The third-order valence-electron chi connectivity index (χ3n) is 2.59. The Bertz CT molecular complexity index is 231. The Morgan fingerprint density at radius 2 is 1.94 bits per heavy atom. The second kappa shape index (κ2) is 7.44. The van der Waals surface area contributed by atoms with Crippen molar-refractivity contribution >= 4 is 5.97 Å². The number of hydrogen-bond donors (Lipinski definition) is 1. The van der Waals surface area contributed by atoms with Crippen LogP contribution in [0.4, 0.5) is 0 Å². The molecule has 0 aliphatic carbocycles. The van der Waals surface area contributed by atoms with Crippen LogP contribution in [0.3, 0.4) is 0 Å². The van der Waals surface area contributed by atoms with Crippen LogP contribution < -0.4 is 0 Å². The van der Waals surface area contributed by atoms with Gasteiger partial charge in [0.2, 0.25) is 0 Å². The normalized spacial score (nSPS) is 11.4. The maximum Gasteiger partial charge on any atom is 0.309 e. The molecule has 0 aromatic rings. The first-order chi connectivity index (χ1) is 7.36. The zero-order chi connectivity index (χ0) is 12.6. The molecule has 16 heavy (non-hydrogen) atoms. The summed E-state index contributed by atoms with van der Waals surface area (Å²) in [5.41, 5.74) is 0.518. The molecule has 0 fully saturated rings. The zero-order valence-corrected chi connectivity index (χ0v) is 10.7. The van der Waals surface area contributed by atoms with E-state index in [1.54, 1.807) is 13.8 Å². The summed E-state index contributed by atoms with van der Waals surface area (Å²) in [5, 5.41) is 8.90. The summed E-state index contributed by atoms with van der Waals surface area (Å²) in [6.07, 6.45) is 3.42. The van der Waals surface area contributed by atoms with E-state index in [2.05, 4.69) is 6.58 Å². The van der Waals surface area contributed by atoms with E-state index in [0.29, 0.717) is 13.0 Å². The number of carbonyl (C=O) groups is 1. The molecule has 0 saturated heterocycles. The van der Waals surface area contributed by atoms with Crippen LogP contribution in [0.2, 0.25) is 0 Å². The number of rotatable bonds is 9. The third kappa shape index (κ3) is 7.46. The lowest BCUT2D eigenvalue weighted by molar-refractivity contribution is -0.147. The number of ether oxygens (including phenoxy) is 1. The molecule has 0 spiro atoms. The fourth-order valence-electron chi connectivity index (χ4n) is 1.23. The Morgan fingerprint density at radius 1 is 1.31 bits per heavy atom. The van der Waals surface area contributed by atoms with Crippen molar-refractivity contribution < 1.29 is 14.6 Å². The lowest BCUT2D eigenvalue weighted by Crippen LogP contribution is -2.23. The van der Waals surface area contributed by atoms with Gasteiger partial charge in [0, 0.05) is 6.61 Å². The van der Waals surface area contributed by atoms with Gasteiger partial charge in [-0.15, -0.1) is 6.58 Å². The largest absolute Gasteiger partial charge is 0.481 e. The summed E-state index contributed by atoms with van der Waals surface area (Å²) in [6, 6.07) is 0. The van der Waals surface area contributed by atoms with Gasteiger partial charge in [-0.3, -0.25) is 4.79 Å². The molecule has 0 unspecified atom stereocenters. The van der Waals surface area contributed by atoms with Crippen molar-refractivity contribution in [1.29, 1.82) is 0 Å². The molecule has 0 aliphatic rings. The van der Waals surface area contributed by atoms with Gasteiger partial charge in [0.25, 0.3) is 0 Å². The van der Waals surface area contributed by atoms with Crippen molar-refractivity contribution in [1.82, 2.24) is 0 Å². The second-order valence-electron chi connectivity index (χ2n) is 4.97. The Hall–Kier alpha value is -0.830. The van der Waals surface area contributed by atoms with Gasteiger partial charge in [-0.05, 0) is 40.0 Å². The zero-order valence-electron chi connectivity index (χ0n) is 10.7. The first-order valence-electron chi connectivity index (χ1n) is 5.82. The predicted octanol–water partition coefficient (Wildman–Crippen LogP) is 3.25. The van der Waals surface area contributed by atoms with Gasteiger partial charge in [0.15, 0.2) is 0 Å². The molecule has 0 radical (unpaired) electrons. The Balaban J connectivity index is 3.40. The quantitative estimate of drug-likeness (QED) is 0.486. The average Bonchev–Trinajstić information content (AvgIpc) is 2.15. The van der Waals surface area contributed by atoms with E-state index in [1.165, 1.54) is 0 Å². The van der Waals surface area contributed by atoms with Gasteiger partial charge in [-0.2, -0.15) is 0 Å². The van der Waals surface area contributed by atoms with Gasteiger partial charge >= 0.3 is 5.97 Å². The minimum Gasteiger partial charge on any atom is -0.481 e. The number of hydrogen-bond acceptors (Lipinski definition) is 2. The fraction of sp³-hybridized carbons (Fsp3) is 0.769. The summed E-state index contributed by atoms with van der Waals surface area (Å²) in [7, 11) is 0. The molecule has 0 amide bonds. The summed E-state index contributed by atoms with van der Waals surface area (Å²) in [6.45, 7) is 10.7. The highest BCUT2D eigenvalue weighted by Crippen LogP contribution is 2.23. The highest BCUT2D eigenvalue weighted by atomic mass is 16.5. The Morgan fingerprint density at radius 3 is 2.44 bits per heavy atom. The number of carboxylic acid groups (broad SMARTS) is 1. The van der Waals surface area contributed by atoms with E-state index in [0.717, 1.165) is 31.4 Å². The minimum absolute atomic E-state index is 0.613. The fourth-order valence-corrected chi connectivity index (χ4v) is 1.23. The summed E-state index contributed by atoms with van der Waals surface area (Å²) >= 11 is 0. The van der Waals surface area contributed by atoms with Crippen LogP contribution in [0.1, 0.15) is 46.5 Å². The summed E-state index contributed by atoms with van der Waals surface area (Å²) in [5.74, 6) is -0.726. The van der Waals surface area contributed by atoms with Crippen LogP contribution in [-0.2, 0) is 9.53 Å². The highest BCUT2D eigenvalue weighted by Gasteiger charge is 2.25. The highest BCUT2D eigenvalue weighted by molar-refractivity contribution is 5.73. The second-order valence-corrected chi connectivity index (χ2v) is 4.97. The molecule has 0 heterocycles. The third-order valence-corrected chi connectivity index (χ3v) is 2.59. The Labute approximate surface area is 98.5 Å². The molecule has 0 bridgehead atoms. The molecule has 0 saturated carbocycles. The van der Waals surface area contributed by atoms with E-state index in [1.807, 2.05) is 6.92 Å². The lowest BCUT2D eigenvalue weighted by atomic mass is 9.87. The van der Waals surface area contributed by atoms with Crippen molar-refractivity contribution in [3.05, 3.63) is 12.2 Å². The topological polar surface area (TPSA) is 46.5 Å². The van der Waals surface area contributed by atoms with Crippen molar-refractivity contribution in [2.24, 2.45) is 5.41 Å². The van der Waals surface area contributed by atoms with Crippen molar-refractivity contribution in [3.8, 4) is 0 Å². The first kappa shape index (κ1) is 15.2. The van der Waals surface area contributed by atoms with Gasteiger partial charge < -0.3 is 9.84 Å². The maximum absolute atomic E-state index is 10.8. The van der Waals surface area contributed by atoms with Crippen LogP contribution in [0.5, 0.6) is 0 Å². The van der Waals surface area contributed by atoms with E-state index in [-0.39, 0.29) is 0 Å². The molecule has 3 heteroatoms. The minimum atomic E-state index is -0.726. The van der Waals surface area contributed by atoms with Crippen LogP contribution >= 0.6 is 0 Å². The van der Waals surface area contributed by atoms with Gasteiger partial charge in [0.05, 0.1) is 12.0 Å². The molecule has 1 N–H and O–H groups in total. The first-order valence-corrected chi connectivity index (χ1v) is 5.82. The summed E-state index contributed by atoms with van der Waals surface area (Å²) < 4.78 is 5.41. The number of aliphatic carboxylic acids is 1. The lowest BCUT2D eigenvalue weighted by Gasteiger charge is -2.18. The average molecular weight is 228 g/mol. The molecule has 0 atom stereocenters. The number of unbranched alkanes of at least 4 members (excludes halogenated alkanes) is 1. The standard InChI is InChI=1S/C13H24O3/c1-11(2)7-10-16-9-6-5-8-13(3,4)12(14)15/h1,5-10H2,2-4H3,(H,14,15). The van der Waals surface area contributed by atoms with Crippen molar-refractivity contribution in [2.75, 3.05) is 13.2 Å². The molecular formula is C13H24O3. The molecule has 0 rings (SSSR count). The van der Waals surface area contributed by atoms with Crippen LogP contribution in [0.25, 0.3) is 0 Å². The molecule has 0 aromatic carbocycles. The smallest absolute Gasteiger partial charge is 0.309 e. The molecular weight excluding hydrogens is 204 g/mol. The van der Waals surface area contributed by atoms with Crippen molar-refractivity contribution in [3.63, 3.8) is 0 Å². The predicted molar refractivity (Wildman–Crippen MR) is 65.5 cm³/mol. The monoisotopic (exact) mass is 228 g/mol. The summed E-state index contributed by atoms with van der Waals surface area (Å²) in [4.78, 5) is 10.8. The van der Waals surface area contributed by atoms with Gasteiger partial charge in [-0.1, -0.05) is 12.0 Å². The van der Waals surface area contributed by atoms with E-state index < -0.39 is 11.4 Å². The van der Waals surface area contributed by atoms with Crippen LogP contribution in [0.15, 0.2) is 12.2 Å². The van der Waals surface area contributed by atoms with Crippen LogP contribution in [0, 0.1) is 5.41 Å². The molecule has 0 aromatic heterocycles. The Kier molecular flexibility index (Phi) is 7.06.